The highest BCUT2D eigenvalue weighted by molar-refractivity contribution is 5.36. The fourth-order valence-electron chi connectivity index (χ4n) is 2.28. The van der Waals surface area contributed by atoms with Gasteiger partial charge < -0.3 is 15.4 Å². The predicted octanol–water partition coefficient (Wildman–Crippen LogP) is 2.38. The summed E-state index contributed by atoms with van der Waals surface area (Å²) in [4.78, 5) is 0. The molecule has 19 heavy (non-hydrogen) atoms. The normalized spacial score (nSPS) is 12.4. The highest BCUT2D eigenvalue weighted by Gasteiger charge is 2.04. The largest absolute Gasteiger partial charge is 0.496 e. The lowest BCUT2D eigenvalue weighted by Crippen LogP contribution is -2.30. The average molecular weight is 264 g/mol. The van der Waals surface area contributed by atoms with Crippen LogP contribution in [0.2, 0.25) is 0 Å². The second kappa shape index (κ2) is 8.94. The summed E-state index contributed by atoms with van der Waals surface area (Å²) in [7, 11) is 3.74. The smallest absolute Gasteiger partial charge is 0.121 e. The maximum absolute atomic E-state index is 5.28. The first-order valence-corrected chi connectivity index (χ1v) is 7.20. The Morgan fingerprint density at radius 1 is 1.26 bits per heavy atom. The van der Waals surface area contributed by atoms with E-state index in [2.05, 4.69) is 42.7 Å². The first kappa shape index (κ1) is 16.0. The van der Waals surface area contributed by atoms with Gasteiger partial charge in [0, 0.05) is 0 Å². The number of rotatable bonds is 9. The van der Waals surface area contributed by atoms with Crippen LogP contribution in [0.4, 0.5) is 0 Å². The molecule has 0 aliphatic carbocycles. The van der Waals surface area contributed by atoms with Gasteiger partial charge in [0.1, 0.15) is 5.75 Å². The summed E-state index contributed by atoms with van der Waals surface area (Å²) in [5, 5.41) is 6.79. The molecule has 3 nitrogen and oxygen atoms in total. The van der Waals surface area contributed by atoms with Crippen molar-refractivity contribution in [2.45, 2.75) is 26.7 Å². The van der Waals surface area contributed by atoms with Gasteiger partial charge >= 0.3 is 0 Å². The molecule has 0 amide bonds. The van der Waals surface area contributed by atoms with Crippen LogP contribution < -0.4 is 15.4 Å². The second-order valence-electron chi connectivity index (χ2n) is 5.09. The van der Waals surface area contributed by atoms with Crippen LogP contribution in [0.25, 0.3) is 0 Å². The van der Waals surface area contributed by atoms with Crippen molar-refractivity contribution in [1.82, 2.24) is 10.6 Å². The van der Waals surface area contributed by atoms with Crippen molar-refractivity contribution >= 4 is 0 Å². The van der Waals surface area contributed by atoms with Gasteiger partial charge in [0.2, 0.25) is 0 Å². The molecule has 0 aliphatic rings. The van der Waals surface area contributed by atoms with Crippen molar-refractivity contribution in [3.63, 3.8) is 0 Å². The van der Waals surface area contributed by atoms with Gasteiger partial charge in [0.15, 0.2) is 0 Å². The number of methoxy groups -OCH3 is 1. The van der Waals surface area contributed by atoms with Crippen molar-refractivity contribution in [2.24, 2.45) is 5.92 Å². The Morgan fingerprint density at radius 3 is 2.63 bits per heavy atom. The number of benzene rings is 1. The lowest BCUT2D eigenvalue weighted by Gasteiger charge is -2.15. The van der Waals surface area contributed by atoms with E-state index < -0.39 is 0 Å². The molecule has 1 atom stereocenters. The number of hydrogen-bond donors (Lipinski definition) is 2. The zero-order valence-corrected chi connectivity index (χ0v) is 12.8. The third-order valence-corrected chi connectivity index (χ3v) is 3.55. The van der Waals surface area contributed by atoms with Gasteiger partial charge in [0.05, 0.1) is 7.11 Å². The third kappa shape index (κ3) is 5.62. The first-order valence-electron chi connectivity index (χ1n) is 7.20. The highest BCUT2D eigenvalue weighted by atomic mass is 16.5. The molecular weight excluding hydrogens is 236 g/mol. The van der Waals surface area contributed by atoms with Gasteiger partial charge in [-0.25, -0.2) is 0 Å². The number of nitrogens with one attached hydrogen (secondary N) is 2. The number of hydrogen-bond acceptors (Lipinski definition) is 3. The average Bonchev–Trinajstić information content (AvgIpc) is 2.42. The van der Waals surface area contributed by atoms with Crippen LogP contribution in [0.15, 0.2) is 18.2 Å². The van der Waals surface area contributed by atoms with Gasteiger partial charge in [-0.2, -0.15) is 0 Å². The summed E-state index contributed by atoms with van der Waals surface area (Å²) in [6, 6.07) is 6.42. The van der Waals surface area contributed by atoms with Crippen LogP contribution in [0.5, 0.6) is 5.75 Å². The third-order valence-electron chi connectivity index (χ3n) is 3.55. The van der Waals surface area contributed by atoms with E-state index in [-0.39, 0.29) is 0 Å². The second-order valence-corrected chi connectivity index (χ2v) is 5.09. The molecule has 0 saturated carbocycles. The molecule has 108 valence electrons. The van der Waals surface area contributed by atoms with E-state index in [0.717, 1.165) is 37.7 Å². The Kier molecular flexibility index (Phi) is 7.53. The van der Waals surface area contributed by atoms with Crippen LogP contribution in [0, 0.1) is 12.8 Å². The maximum Gasteiger partial charge on any atom is 0.121 e. The van der Waals surface area contributed by atoms with Crippen molar-refractivity contribution in [2.75, 3.05) is 33.8 Å². The number of ether oxygens (including phenoxy) is 1. The minimum atomic E-state index is 0.725. The molecule has 0 saturated heterocycles. The molecule has 3 heteroatoms. The molecule has 1 rings (SSSR count). The van der Waals surface area contributed by atoms with E-state index in [0.29, 0.717) is 0 Å². The highest BCUT2D eigenvalue weighted by Crippen LogP contribution is 2.18. The van der Waals surface area contributed by atoms with Crippen molar-refractivity contribution in [1.29, 1.82) is 0 Å². The van der Waals surface area contributed by atoms with Gasteiger partial charge in [-0.05, 0) is 63.1 Å². The van der Waals surface area contributed by atoms with E-state index in [1.165, 1.54) is 17.5 Å². The number of aryl methyl sites for hydroxylation is 1. The zero-order valence-electron chi connectivity index (χ0n) is 12.8. The minimum absolute atomic E-state index is 0.725. The van der Waals surface area contributed by atoms with E-state index >= 15 is 0 Å². The topological polar surface area (TPSA) is 33.3 Å². The standard InChI is InChI=1S/C16H28N2O/c1-5-14(11-17-3)12-18-9-8-15-6-7-16(19-4)13(2)10-15/h6-7,10,14,17-18H,5,8-9,11-12H2,1-4H3. The van der Waals surface area contributed by atoms with Crippen LogP contribution in [-0.2, 0) is 6.42 Å². The lowest BCUT2D eigenvalue weighted by atomic mass is 10.1. The fourth-order valence-corrected chi connectivity index (χ4v) is 2.28. The van der Waals surface area contributed by atoms with Gasteiger partial charge in [-0.15, -0.1) is 0 Å². The van der Waals surface area contributed by atoms with Crippen LogP contribution in [0.3, 0.4) is 0 Å². The molecule has 0 aliphatic heterocycles. The fraction of sp³-hybridized carbons (Fsp3) is 0.625. The molecule has 1 aromatic carbocycles. The molecule has 2 N–H and O–H groups in total. The van der Waals surface area contributed by atoms with Gasteiger partial charge in [0.25, 0.3) is 0 Å². The minimum Gasteiger partial charge on any atom is -0.496 e. The van der Waals surface area contributed by atoms with E-state index in [4.69, 9.17) is 4.74 Å². The Labute approximate surface area is 117 Å². The zero-order chi connectivity index (χ0) is 14.1. The van der Waals surface area contributed by atoms with Crippen LogP contribution in [-0.4, -0.2) is 33.8 Å². The summed E-state index contributed by atoms with van der Waals surface area (Å²) in [6.07, 6.45) is 2.29. The van der Waals surface area contributed by atoms with Crippen molar-refractivity contribution in [3.8, 4) is 5.75 Å². The van der Waals surface area contributed by atoms with Crippen molar-refractivity contribution in [3.05, 3.63) is 29.3 Å². The van der Waals surface area contributed by atoms with Crippen molar-refractivity contribution < 1.29 is 4.74 Å². The summed E-state index contributed by atoms with van der Waals surface area (Å²) in [5.41, 5.74) is 2.58. The predicted molar refractivity (Wildman–Crippen MR) is 82.0 cm³/mol. The van der Waals surface area contributed by atoms with E-state index in [9.17, 15) is 0 Å². The first-order chi connectivity index (χ1) is 9.21. The summed E-state index contributed by atoms with van der Waals surface area (Å²) in [5.74, 6) is 1.69. The lowest BCUT2D eigenvalue weighted by molar-refractivity contribution is 0.411. The van der Waals surface area contributed by atoms with Crippen LogP contribution in [0.1, 0.15) is 24.5 Å². The summed E-state index contributed by atoms with van der Waals surface area (Å²) < 4.78 is 5.28. The Morgan fingerprint density at radius 2 is 2.05 bits per heavy atom. The molecular formula is C16H28N2O. The Balaban J connectivity index is 2.31. The molecule has 0 radical (unpaired) electrons. The monoisotopic (exact) mass is 264 g/mol. The molecule has 1 aromatic rings. The molecule has 0 aromatic heterocycles. The molecule has 0 spiro atoms. The molecule has 0 bridgehead atoms. The van der Waals surface area contributed by atoms with E-state index in [1.807, 2.05) is 7.05 Å². The SMILES string of the molecule is CCC(CNC)CNCCc1ccc(OC)c(C)c1. The van der Waals surface area contributed by atoms with E-state index in [1.54, 1.807) is 7.11 Å². The van der Waals surface area contributed by atoms with Gasteiger partial charge in [-0.1, -0.05) is 25.5 Å². The maximum atomic E-state index is 5.28. The van der Waals surface area contributed by atoms with Gasteiger partial charge in [-0.3, -0.25) is 0 Å². The summed E-state index contributed by atoms with van der Waals surface area (Å²) >= 11 is 0. The Bertz CT molecular complexity index is 366. The summed E-state index contributed by atoms with van der Waals surface area (Å²) in [6.45, 7) is 7.55. The Hall–Kier alpha value is -1.06. The molecule has 0 heterocycles. The quantitative estimate of drug-likeness (QED) is 0.672. The van der Waals surface area contributed by atoms with Crippen LogP contribution >= 0.6 is 0 Å². The molecule has 1 unspecified atom stereocenters. The molecule has 0 fully saturated rings.